The van der Waals surface area contributed by atoms with E-state index < -0.39 is 0 Å². The maximum Gasteiger partial charge on any atom is 0.297 e. The van der Waals surface area contributed by atoms with Crippen molar-refractivity contribution in [3.05, 3.63) is 94.1 Å². The molecule has 4 rings (SSSR count). The van der Waals surface area contributed by atoms with Gasteiger partial charge in [0.1, 0.15) is 16.4 Å². The van der Waals surface area contributed by atoms with Gasteiger partial charge in [-0.05, 0) is 61.4 Å². The van der Waals surface area contributed by atoms with Crippen LogP contribution in [-0.4, -0.2) is 17.4 Å². The van der Waals surface area contributed by atoms with E-state index in [1.54, 1.807) is 36.4 Å². The minimum atomic E-state index is -0.122. The van der Waals surface area contributed by atoms with Crippen molar-refractivity contribution >= 4 is 39.8 Å². The number of thiophene rings is 1. The maximum atomic E-state index is 13.5. The summed E-state index contributed by atoms with van der Waals surface area (Å²) in [6.07, 6.45) is 2.94. The molecule has 0 spiro atoms. The molecule has 160 valence electrons. The Labute approximate surface area is 189 Å². The van der Waals surface area contributed by atoms with E-state index in [1.807, 2.05) is 44.2 Å². The van der Waals surface area contributed by atoms with Crippen molar-refractivity contribution in [3.8, 4) is 17.2 Å². The Morgan fingerprint density at radius 1 is 1.00 bits per heavy atom. The summed E-state index contributed by atoms with van der Waals surface area (Å²) < 4.78 is 11.5. The molecule has 0 unspecified atom stereocenters. The maximum absolute atomic E-state index is 13.5. The van der Waals surface area contributed by atoms with Crippen molar-refractivity contribution in [2.75, 3.05) is 0 Å². The van der Waals surface area contributed by atoms with Crippen molar-refractivity contribution in [2.24, 2.45) is 0 Å². The molecule has 0 amide bonds. The summed E-state index contributed by atoms with van der Waals surface area (Å²) in [6, 6.07) is 17.9. The van der Waals surface area contributed by atoms with Crippen LogP contribution in [0.4, 0.5) is 0 Å². The molecule has 1 heterocycles. The molecular formula is C26H20O5S. The number of aryl methyl sites for hydroxylation is 2. The third kappa shape index (κ3) is 4.40. The van der Waals surface area contributed by atoms with Gasteiger partial charge >= 0.3 is 0 Å². The predicted octanol–water partition coefficient (Wildman–Crippen LogP) is 6.39. The highest BCUT2D eigenvalue weighted by molar-refractivity contribution is 7.21. The Bertz CT molecular complexity index is 1330. The molecular weight excluding hydrogens is 424 g/mol. The third-order valence-corrected chi connectivity index (χ3v) is 6.09. The van der Waals surface area contributed by atoms with E-state index in [1.165, 1.54) is 17.6 Å². The first kappa shape index (κ1) is 21.3. The molecule has 0 aliphatic rings. The molecule has 6 heteroatoms. The second kappa shape index (κ2) is 9.08. The van der Waals surface area contributed by atoms with Gasteiger partial charge in [-0.2, -0.15) is 0 Å². The zero-order valence-corrected chi connectivity index (χ0v) is 18.3. The molecule has 0 saturated carbocycles. The molecule has 0 bridgehead atoms. The van der Waals surface area contributed by atoms with E-state index in [4.69, 9.17) is 4.74 Å². The molecule has 0 aliphatic carbocycles. The van der Waals surface area contributed by atoms with Gasteiger partial charge < -0.3 is 14.6 Å². The van der Waals surface area contributed by atoms with Crippen LogP contribution in [0.5, 0.6) is 17.2 Å². The lowest BCUT2D eigenvalue weighted by atomic mass is 10.0. The SMILES string of the molecule is Cc1ccc(C(=O)c2sc3cc(O)ccc3c2Oc2ccc(/C=C/OC=O)cc2)c(C)c1. The van der Waals surface area contributed by atoms with Crippen molar-refractivity contribution in [2.45, 2.75) is 13.8 Å². The number of aromatic hydroxyl groups is 1. The van der Waals surface area contributed by atoms with Gasteiger partial charge in [0, 0.05) is 15.6 Å². The normalized spacial score (nSPS) is 11.1. The van der Waals surface area contributed by atoms with Crippen LogP contribution in [0, 0.1) is 13.8 Å². The second-order valence-electron chi connectivity index (χ2n) is 7.29. The van der Waals surface area contributed by atoms with Gasteiger partial charge in [-0.3, -0.25) is 9.59 Å². The molecule has 4 aromatic rings. The number of hydrogen-bond donors (Lipinski definition) is 1. The minimum Gasteiger partial charge on any atom is -0.508 e. The third-order valence-electron chi connectivity index (χ3n) is 4.96. The fourth-order valence-electron chi connectivity index (χ4n) is 3.42. The molecule has 1 N–H and O–H groups in total. The number of carbonyl (C=O) groups excluding carboxylic acids is 2. The van der Waals surface area contributed by atoms with Crippen LogP contribution >= 0.6 is 11.3 Å². The Balaban J connectivity index is 1.74. The number of carbonyl (C=O) groups is 2. The zero-order chi connectivity index (χ0) is 22.7. The summed E-state index contributed by atoms with van der Waals surface area (Å²) in [5, 5.41) is 10.7. The van der Waals surface area contributed by atoms with Crippen LogP contribution < -0.4 is 4.74 Å². The Morgan fingerprint density at radius 3 is 2.50 bits per heavy atom. The summed E-state index contributed by atoms with van der Waals surface area (Å²) >= 11 is 1.29. The zero-order valence-electron chi connectivity index (χ0n) is 17.5. The average molecular weight is 445 g/mol. The smallest absolute Gasteiger partial charge is 0.297 e. The van der Waals surface area contributed by atoms with Crippen molar-refractivity contribution in [3.63, 3.8) is 0 Å². The van der Waals surface area contributed by atoms with Crippen LogP contribution in [0.25, 0.3) is 16.2 Å². The highest BCUT2D eigenvalue weighted by Gasteiger charge is 2.23. The number of phenols is 1. The summed E-state index contributed by atoms with van der Waals surface area (Å²) in [7, 11) is 0. The van der Waals surface area contributed by atoms with Gasteiger partial charge in [-0.15, -0.1) is 11.3 Å². The minimum absolute atomic E-state index is 0.122. The molecule has 0 aliphatic heterocycles. The van der Waals surface area contributed by atoms with E-state index in [0.29, 0.717) is 28.4 Å². The van der Waals surface area contributed by atoms with Gasteiger partial charge in [0.2, 0.25) is 5.78 Å². The topological polar surface area (TPSA) is 72.8 Å². The molecule has 0 fully saturated rings. The fourth-order valence-corrected chi connectivity index (χ4v) is 4.54. The largest absolute Gasteiger partial charge is 0.508 e. The molecule has 0 atom stereocenters. The first-order chi connectivity index (χ1) is 15.5. The van der Waals surface area contributed by atoms with Gasteiger partial charge in [-0.25, -0.2) is 0 Å². The second-order valence-corrected chi connectivity index (χ2v) is 8.35. The van der Waals surface area contributed by atoms with E-state index in [-0.39, 0.29) is 11.5 Å². The lowest BCUT2D eigenvalue weighted by Gasteiger charge is -2.09. The van der Waals surface area contributed by atoms with Gasteiger partial charge in [-0.1, -0.05) is 35.9 Å². The van der Waals surface area contributed by atoms with Crippen molar-refractivity contribution in [1.29, 1.82) is 0 Å². The van der Waals surface area contributed by atoms with Gasteiger partial charge in [0.05, 0.1) is 6.26 Å². The Morgan fingerprint density at radius 2 is 1.78 bits per heavy atom. The average Bonchev–Trinajstić information content (AvgIpc) is 3.12. The van der Waals surface area contributed by atoms with E-state index in [0.717, 1.165) is 26.8 Å². The number of phenolic OH excluding ortho intramolecular Hbond substituents is 1. The number of rotatable bonds is 7. The predicted molar refractivity (Wildman–Crippen MR) is 126 cm³/mol. The number of ether oxygens (including phenoxy) is 2. The van der Waals surface area contributed by atoms with Crippen LogP contribution in [0.3, 0.4) is 0 Å². The van der Waals surface area contributed by atoms with Crippen LogP contribution in [-0.2, 0) is 9.53 Å². The van der Waals surface area contributed by atoms with Crippen molar-refractivity contribution < 1.29 is 24.2 Å². The number of fused-ring (bicyclic) bond motifs is 1. The fraction of sp³-hybridized carbons (Fsp3) is 0.0769. The molecule has 5 nitrogen and oxygen atoms in total. The number of benzene rings is 3. The summed E-state index contributed by atoms with van der Waals surface area (Å²) in [5.74, 6) is 1.02. The molecule has 0 radical (unpaired) electrons. The summed E-state index contributed by atoms with van der Waals surface area (Å²) in [4.78, 5) is 24.2. The first-order valence-corrected chi connectivity index (χ1v) is 10.7. The van der Waals surface area contributed by atoms with Gasteiger partial charge in [0.15, 0.2) is 5.75 Å². The first-order valence-electron chi connectivity index (χ1n) is 9.87. The van der Waals surface area contributed by atoms with Crippen LogP contribution in [0.2, 0.25) is 0 Å². The highest BCUT2D eigenvalue weighted by atomic mass is 32.1. The molecule has 0 saturated heterocycles. The summed E-state index contributed by atoms with van der Waals surface area (Å²) in [5.41, 5.74) is 3.43. The monoisotopic (exact) mass is 444 g/mol. The highest BCUT2D eigenvalue weighted by Crippen LogP contribution is 2.43. The number of ketones is 1. The molecule has 1 aromatic heterocycles. The lowest BCUT2D eigenvalue weighted by molar-refractivity contribution is -0.123. The quantitative estimate of drug-likeness (QED) is 0.203. The lowest BCUT2D eigenvalue weighted by Crippen LogP contribution is -2.03. The van der Waals surface area contributed by atoms with E-state index in [2.05, 4.69) is 4.74 Å². The van der Waals surface area contributed by atoms with Crippen LogP contribution in [0.1, 0.15) is 31.9 Å². The Hall–Kier alpha value is -3.90. The Kier molecular flexibility index (Phi) is 6.05. The van der Waals surface area contributed by atoms with Gasteiger partial charge in [0.25, 0.3) is 6.47 Å². The number of hydrogen-bond acceptors (Lipinski definition) is 6. The van der Waals surface area contributed by atoms with Crippen molar-refractivity contribution in [1.82, 2.24) is 0 Å². The van der Waals surface area contributed by atoms with E-state index in [9.17, 15) is 14.7 Å². The standard InChI is InChI=1S/C26H20O5S/c1-16-3-9-21(17(2)13-16)24(29)26-25(22-10-6-19(28)14-23(22)32-26)31-20-7-4-18(5-8-20)11-12-30-15-27/h3-15,28H,1-2H3/b12-11+. The van der Waals surface area contributed by atoms with E-state index >= 15 is 0 Å². The molecule has 3 aromatic carbocycles. The molecule has 32 heavy (non-hydrogen) atoms. The summed E-state index contributed by atoms with van der Waals surface area (Å²) in [6.45, 7) is 4.25. The van der Waals surface area contributed by atoms with Crippen LogP contribution in [0.15, 0.2) is 66.9 Å².